The Morgan fingerprint density at radius 2 is 1.71 bits per heavy atom. The molecule has 1 amide bonds. The van der Waals surface area contributed by atoms with Crippen LogP contribution in [0.25, 0.3) is 0 Å². The zero-order valence-electron chi connectivity index (χ0n) is 10.8. The van der Waals surface area contributed by atoms with Crippen molar-refractivity contribution in [2.24, 2.45) is 5.92 Å². The van der Waals surface area contributed by atoms with E-state index in [4.69, 9.17) is 0 Å². The largest absolute Gasteiger partial charge is 0.349 e. The number of hydrogen-bond donors (Lipinski definition) is 1. The highest BCUT2D eigenvalue weighted by Crippen LogP contribution is 2.16. The van der Waals surface area contributed by atoms with E-state index in [2.05, 4.69) is 52.4 Å². The molecule has 0 saturated heterocycles. The smallest absolute Gasteiger partial charge is 0.234 e. The van der Waals surface area contributed by atoms with Crippen molar-refractivity contribution in [1.82, 2.24) is 5.32 Å². The van der Waals surface area contributed by atoms with Crippen LogP contribution < -0.4 is 5.32 Å². The van der Waals surface area contributed by atoms with E-state index < -0.39 is 0 Å². The molecule has 1 unspecified atom stereocenters. The average Bonchev–Trinajstić information content (AvgIpc) is 2.28. The van der Waals surface area contributed by atoms with Gasteiger partial charge in [0.05, 0.1) is 10.9 Å². The number of aryl methyl sites for hydroxylation is 1. The third-order valence-electron chi connectivity index (χ3n) is 2.77. The fourth-order valence-electron chi connectivity index (χ4n) is 1.53. The first-order valence-electron chi connectivity index (χ1n) is 5.93. The maximum atomic E-state index is 11.9. The second kappa shape index (κ2) is 6.20. The Balaban J connectivity index is 2.63. The van der Waals surface area contributed by atoms with Gasteiger partial charge in [-0.15, -0.1) is 0 Å². The number of carbonyl (C=O) groups is 1. The molecule has 0 saturated carbocycles. The fourth-order valence-corrected chi connectivity index (χ4v) is 1.67. The quantitative estimate of drug-likeness (QED) is 0.846. The molecule has 0 aromatic heterocycles. The van der Waals surface area contributed by atoms with Crippen molar-refractivity contribution < 1.29 is 4.79 Å². The fraction of sp³-hybridized carbons (Fsp3) is 0.500. The second-order valence-electron chi connectivity index (χ2n) is 4.79. The average molecular weight is 298 g/mol. The van der Waals surface area contributed by atoms with Crippen molar-refractivity contribution in [3.63, 3.8) is 0 Å². The predicted octanol–water partition coefficient (Wildman–Crippen LogP) is 3.59. The minimum atomic E-state index is -0.129. The summed E-state index contributed by atoms with van der Waals surface area (Å²) in [7, 11) is 0. The number of alkyl halides is 1. The van der Waals surface area contributed by atoms with Gasteiger partial charge >= 0.3 is 0 Å². The first kappa shape index (κ1) is 14.2. The zero-order valence-corrected chi connectivity index (χ0v) is 12.4. The van der Waals surface area contributed by atoms with E-state index in [1.165, 1.54) is 5.56 Å². The number of amides is 1. The Morgan fingerprint density at radius 3 is 2.18 bits per heavy atom. The summed E-state index contributed by atoms with van der Waals surface area (Å²) in [5.74, 6) is 0.341. The standard InChI is InChI=1S/C14H20BrNO/c1-9(2)13(15)14(17)16-11(4)12-7-5-10(3)6-8-12/h5-9,11,13H,1-4H3,(H,16,17)/t11-,13?/m0/s1. The Kier molecular flexibility index (Phi) is 5.19. The van der Waals surface area contributed by atoms with Gasteiger partial charge in [0.25, 0.3) is 0 Å². The normalized spacial score (nSPS) is 14.5. The molecular formula is C14H20BrNO. The van der Waals surface area contributed by atoms with Crippen molar-refractivity contribution in [2.75, 3.05) is 0 Å². The summed E-state index contributed by atoms with van der Waals surface area (Å²) >= 11 is 3.41. The van der Waals surface area contributed by atoms with E-state index in [0.29, 0.717) is 5.92 Å². The highest BCUT2D eigenvalue weighted by Gasteiger charge is 2.20. The van der Waals surface area contributed by atoms with Gasteiger partial charge in [-0.1, -0.05) is 59.6 Å². The van der Waals surface area contributed by atoms with Crippen LogP contribution in [0.2, 0.25) is 0 Å². The Hall–Kier alpha value is -0.830. The lowest BCUT2D eigenvalue weighted by Crippen LogP contribution is -2.35. The van der Waals surface area contributed by atoms with Gasteiger partial charge in [-0.05, 0) is 25.3 Å². The monoisotopic (exact) mass is 297 g/mol. The molecule has 0 bridgehead atoms. The van der Waals surface area contributed by atoms with Crippen LogP contribution in [0.15, 0.2) is 24.3 Å². The number of halogens is 1. The molecule has 0 aliphatic rings. The van der Waals surface area contributed by atoms with E-state index >= 15 is 0 Å². The highest BCUT2D eigenvalue weighted by atomic mass is 79.9. The van der Waals surface area contributed by atoms with E-state index in [1.54, 1.807) is 0 Å². The predicted molar refractivity (Wildman–Crippen MR) is 75.3 cm³/mol. The van der Waals surface area contributed by atoms with Gasteiger partial charge in [-0.2, -0.15) is 0 Å². The molecule has 2 atom stereocenters. The molecule has 3 heteroatoms. The number of benzene rings is 1. The minimum Gasteiger partial charge on any atom is -0.349 e. The maximum Gasteiger partial charge on any atom is 0.234 e. The molecule has 0 aliphatic heterocycles. The Bertz CT molecular complexity index is 372. The van der Waals surface area contributed by atoms with Gasteiger partial charge in [-0.25, -0.2) is 0 Å². The molecule has 0 spiro atoms. The zero-order chi connectivity index (χ0) is 13.0. The van der Waals surface area contributed by atoms with Crippen LogP contribution in [-0.4, -0.2) is 10.7 Å². The van der Waals surface area contributed by atoms with Crippen molar-refractivity contribution in [1.29, 1.82) is 0 Å². The summed E-state index contributed by atoms with van der Waals surface area (Å²) in [6.45, 7) is 8.11. The van der Waals surface area contributed by atoms with E-state index in [9.17, 15) is 4.79 Å². The van der Waals surface area contributed by atoms with Gasteiger partial charge < -0.3 is 5.32 Å². The summed E-state index contributed by atoms with van der Waals surface area (Å²) in [4.78, 5) is 11.7. The van der Waals surface area contributed by atoms with Crippen LogP contribution in [0, 0.1) is 12.8 Å². The summed E-state index contributed by atoms with van der Waals surface area (Å²) < 4.78 is 0. The van der Waals surface area contributed by atoms with E-state index in [0.717, 1.165) is 5.56 Å². The highest BCUT2D eigenvalue weighted by molar-refractivity contribution is 9.10. The van der Waals surface area contributed by atoms with Crippen LogP contribution in [0.3, 0.4) is 0 Å². The number of hydrogen-bond acceptors (Lipinski definition) is 1. The minimum absolute atomic E-state index is 0.0434. The van der Waals surface area contributed by atoms with Gasteiger partial charge in [-0.3, -0.25) is 4.79 Å². The van der Waals surface area contributed by atoms with E-state index in [1.807, 2.05) is 20.8 Å². The summed E-state index contributed by atoms with van der Waals surface area (Å²) in [5.41, 5.74) is 2.36. The van der Waals surface area contributed by atoms with Crippen LogP contribution in [0.1, 0.15) is 37.9 Å². The van der Waals surface area contributed by atoms with Crippen molar-refractivity contribution in [3.05, 3.63) is 35.4 Å². The number of carbonyl (C=O) groups excluding carboxylic acids is 1. The molecule has 1 rings (SSSR count). The van der Waals surface area contributed by atoms with Crippen LogP contribution in [0.4, 0.5) is 0 Å². The molecule has 0 aliphatic carbocycles. The van der Waals surface area contributed by atoms with Gasteiger partial charge in [0.2, 0.25) is 5.91 Å². The molecule has 94 valence electrons. The lowest BCUT2D eigenvalue weighted by atomic mass is 10.1. The molecule has 2 nitrogen and oxygen atoms in total. The van der Waals surface area contributed by atoms with Gasteiger partial charge in [0.15, 0.2) is 0 Å². The maximum absolute atomic E-state index is 11.9. The first-order valence-corrected chi connectivity index (χ1v) is 6.84. The van der Waals surface area contributed by atoms with Crippen molar-refractivity contribution in [3.8, 4) is 0 Å². The molecule has 1 N–H and O–H groups in total. The first-order chi connectivity index (χ1) is 7.91. The number of nitrogens with one attached hydrogen (secondary N) is 1. The lowest BCUT2D eigenvalue weighted by molar-refractivity contribution is -0.121. The van der Waals surface area contributed by atoms with Crippen molar-refractivity contribution >= 4 is 21.8 Å². The lowest BCUT2D eigenvalue weighted by Gasteiger charge is -2.19. The Morgan fingerprint density at radius 1 is 1.18 bits per heavy atom. The van der Waals surface area contributed by atoms with Crippen LogP contribution >= 0.6 is 15.9 Å². The number of rotatable bonds is 4. The third kappa shape index (κ3) is 4.15. The summed E-state index contributed by atoms with van der Waals surface area (Å²) in [6.07, 6.45) is 0. The van der Waals surface area contributed by atoms with Crippen LogP contribution in [0.5, 0.6) is 0 Å². The molecule has 0 heterocycles. The molecule has 17 heavy (non-hydrogen) atoms. The van der Waals surface area contributed by atoms with Crippen molar-refractivity contribution in [2.45, 2.75) is 38.6 Å². The van der Waals surface area contributed by atoms with E-state index in [-0.39, 0.29) is 16.8 Å². The summed E-state index contributed by atoms with van der Waals surface area (Å²) in [5, 5.41) is 3.01. The molecule has 1 aromatic rings. The topological polar surface area (TPSA) is 29.1 Å². The molecular weight excluding hydrogens is 278 g/mol. The Labute approximate surface area is 112 Å². The molecule has 1 aromatic carbocycles. The SMILES string of the molecule is Cc1ccc([C@H](C)NC(=O)C(Br)C(C)C)cc1. The third-order valence-corrected chi connectivity index (χ3v) is 4.25. The molecule has 0 fully saturated rings. The molecule has 0 radical (unpaired) electrons. The van der Waals surface area contributed by atoms with Gasteiger partial charge in [0, 0.05) is 0 Å². The summed E-state index contributed by atoms with van der Waals surface area (Å²) in [6, 6.07) is 8.28. The van der Waals surface area contributed by atoms with Crippen LogP contribution in [-0.2, 0) is 4.79 Å². The van der Waals surface area contributed by atoms with Gasteiger partial charge in [0.1, 0.15) is 0 Å². The second-order valence-corrected chi connectivity index (χ2v) is 5.77.